The highest BCUT2D eigenvalue weighted by Gasteiger charge is 2.25. The normalized spacial score (nSPS) is 17.9. The molecule has 0 aromatic carbocycles. The molecule has 1 aliphatic rings. The van der Waals surface area contributed by atoms with E-state index in [1.807, 2.05) is 5.38 Å². The maximum absolute atomic E-state index is 12.4. The maximum Gasteiger partial charge on any atom is 0.226 e. The molecule has 23 heavy (non-hydrogen) atoms. The van der Waals surface area contributed by atoms with Crippen LogP contribution >= 0.6 is 11.3 Å². The molecular formula is C18H30N2O2S. The Kier molecular flexibility index (Phi) is 6.60. The topological polar surface area (TPSA) is 62.2 Å². The molecule has 1 heterocycles. The van der Waals surface area contributed by atoms with Gasteiger partial charge < -0.3 is 10.4 Å². The fourth-order valence-electron chi connectivity index (χ4n) is 3.26. The fourth-order valence-corrected chi connectivity index (χ4v) is 4.16. The molecule has 2 rings (SSSR count). The lowest BCUT2D eigenvalue weighted by atomic mass is 9.82. The van der Waals surface area contributed by atoms with Gasteiger partial charge in [-0.15, -0.1) is 11.3 Å². The maximum atomic E-state index is 12.4. The Morgan fingerprint density at radius 2 is 2.09 bits per heavy atom. The summed E-state index contributed by atoms with van der Waals surface area (Å²) in [5.41, 5.74) is 0.879. The van der Waals surface area contributed by atoms with Crippen LogP contribution in [0.3, 0.4) is 0 Å². The van der Waals surface area contributed by atoms with Crippen LogP contribution in [0.1, 0.15) is 70.0 Å². The number of rotatable bonds is 6. The van der Waals surface area contributed by atoms with Crippen molar-refractivity contribution in [2.75, 3.05) is 6.61 Å². The summed E-state index contributed by atoms with van der Waals surface area (Å²) in [5.74, 6) is 0.542. The number of aliphatic hydroxyl groups excluding tert-OH is 1. The summed E-state index contributed by atoms with van der Waals surface area (Å²) >= 11 is 1.62. The van der Waals surface area contributed by atoms with Crippen LogP contribution < -0.4 is 5.32 Å². The molecule has 0 radical (unpaired) electrons. The third kappa shape index (κ3) is 5.57. The van der Waals surface area contributed by atoms with Crippen molar-refractivity contribution in [1.82, 2.24) is 10.3 Å². The number of aliphatic hydroxyl groups is 1. The first-order chi connectivity index (χ1) is 10.9. The van der Waals surface area contributed by atoms with Gasteiger partial charge in [0.2, 0.25) is 5.91 Å². The van der Waals surface area contributed by atoms with Gasteiger partial charge in [-0.05, 0) is 25.2 Å². The van der Waals surface area contributed by atoms with Crippen LogP contribution in [0.4, 0.5) is 0 Å². The number of carbonyl (C=O) groups excluding carboxylic acids is 1. The van der Waals surface area contributed by atoms with E-state index < -0.39 is 0 Å². The number of thiazole rings is 1. The zero-order chi connectivity index (χ0) is 16.9. The standard InChI is InChI=1S/C18H30N2O2S/c1-18(2,3)17-19-14(12-23-17)11-16(22)20-15(9-10-21)13-7-5-4-6-8-13/h12-13,15,21H,4-11H2,1-3H3,(H,20,22). The van der Waals surface area contributed by atoms with Crippen molar-refractivity contribution in [1.29, 1.82) is 0 Å². The van der Waals surface area contributed by atoms with E-state index in [0.717, 1.165) is 23.5 Å². The van der Waals surface area contributed by atoms with Crippen LogP contribution in [0.15, 0.2) is 5.38 Å². The van der Waals surface area contributed by atoms with Gasteiger partial charge in [0.1, 0.15) is 0 Å². The minimum Gasteiger partial charge on any atom is -0.396 e. The molecule has 1 aromatic heterocycles. The molecular weight excluding hydrogens is 308 g/mol. The Morgan fingerprint density at radius 3 is 2.65 bits per heavy atom. The lowest BCUT2D eigenvalue weighted by Crippen LogP contribution is -2.42. The second-order valence-electron chi connectivity index (χ2n) is 7.66. The van der Waals surface area contributed by atoms with Gasteiger partial charge in [-0.25, -0.2) is 4.98 Å². The summed E-state index contributed by atoms with van der Waals surface area (Å²) in [4.78, 5) is 17.0. The van der Waals surface area contributed by atoms with Gasteiger partial charge in [0.25, 0.3) is 0 Å². The van der Waals surface area contributed by atoms with Crippen LogP contribution in [0.2, 0.25) is 0 Å². The van der Waals surface area contributed by atoms with Crippen molar-refractivity contribution < 1.29 is 9.90 Å². The van der Waals surface area contributed by atoms with Gasteiger partial charge in [0.15, 0.2) is 0 Å². The highest BCUT2D eigenvalue weighted by molar-refractivity contribution is 7.09. The molecule has 1 unspecified atom stereocenters. The Hall–Kier alpha value is -0.940. The molecule has 130 valence electrons. The minimum atomic E-state index is 0.0276. The van der Waals surface area contributed by atoms with Crippen molar-refractivity contribution in [2.24, 2.45) is 5.92 Å². The number of nitrogens with one attached hydrogen (secondary N) is 1. The lowest BCUT2D eigenvalue weighted by molar-refractivity contribution is -0.121. The number of aromatic nitrogens is 1. The Balaban J connectivity index is 1.92. The van der Waals surface area contributed by atoms with E-state index in [1.54, 1.807) is 11.3 Å². The predicted octanol–water partition coefficient (Wildman–Crippen LogP) is 3.43. The first-order valence-corrected chi connectivity index (χ1v) is 9.63. The average molecular weight is 339 g/mol. The molecule has 0 spiro atoms. The van der Waals surface area contributed by atoms with Crippen LogP contribution in [0.5, 0.6) is 0 Å². The summed E-state index contributed by atoms with van der Waals surface area (Å²) in [6.07, 6.45) is 7.09. The second-order valence-corrected chi connectivity index (χ2v) is 8.51. The summed E-state index contributed by atoms with van der Waals surface area (Å²) in [6, 6.07) is 0.105. The van der Waals surface area contributed by atoms with E-state index in [9.17, 15) is 9.90 Å². The Morgan fingerprint density at radius 1 is 1.39 bits per heavy atom. The van der Waals surface area contributed by atoms with Gasteiger partial charge in [-0.2, -0.15) is 0 Å². The molecule has 2 N–H and O–H groups in total. The van der Waals surface area contributed by atoms with Crippen LogP contribution in [0.25, 0.3) is 0 Å². The number of nitrogens with zero attached hydrogens (tertiary/aromatic N) is 1. The van der Waals surface area contributed by atoms with E-state index in [1.165, 1.54) is 19.3 Å². The van der Waals surface area contributed by atoms with Crippen molar-refractivity contribution in [3.8, 4) is 0 Å². The van der Waals surface area contributed by atoms with Gasteiger partial charge in [-0.3, -0.25) is 4.79 Å². The molecule has 1 aliphatic carbocycles. The van der Waals surface area contributed by atoms with Crippen molar-refractivity contribution >= 4 is 17.2 Å². The first-order valence-electron chi connectivity index (χ1n) is 8.75. The summed E-state index contributed by atoms with van der Waals surface area (Å²) in [7, 11) is 0. The predicted molar refractivity (Wildman–Crippen MR) is 94.7 cm³/mol. The highest BCUT2D eigenvalue weighted by Crippen LogP contribution is 2.28. The van der Waals surface area contributed by atoms with Crippen LogP contribution in [-0.2, 0) is 16.6 Å². The zero-order valence-electron chi connectivity index (χ0n) is 14.6. The molecule has 4 nitrogen and oxygen atoms in total. The van der Waals surface area contributed by atoms with Crippen molar-refractivity contribution in [2.45, 2.75) is 77.2 Å². The van der Waals surface area contributed by atoms with Gasteiger partial charge in [0, 0.05) is 23.4 Å². The van der Waals surface area contributed by atoms with E-state index in [-0.39, 0.29) is 24.0 Å². The number of hydrogen-bond donors (Lipinski definition) is 2. The lowest BCUT2D eigenvalue weighted by Gasteiger charge is -2.30. The smallest absolute Gasteiger partial charge is 0.226 e. The van der Waals surface area contributed by atoms with E-state index in [0.29, 0.717) is 18.8 Å². The first kappa shape index (κ1) is 18.4. The van der Waals surface area contributed by atoms with Crippen molar-refractivity contribution in [3.05, 3.63) is 16.1 Å². The summed E-state index contributed by atoms with van der Waals surface area (Å²) in [6.45, 7) is 6.54. The minimum absolute atomic E-state index is 0.0276. The molecule has 1 saturated carbocycles. The zero-order valence-corrected chi connectivity index (χ0v) is 15.4. The van der Waals surface area contributed by atoms with Gasteiger partial charge >= 0.3 is 0 Å². The van der Waals surface area contributed by atoms with E-state index in [2.05, 4.69) is 31.1 Å². The third-order valence-corrected chi connectivity index (χ3v) is 5.86. The molecule has 1 aromatic rings. The van der Waals surface area contributed by atoms with E-state index >= 15 is 0 Å². The number of amides is 1. The number of carbonyl (C=O) groups is 1. The van der Waals surface area contributed by atoms with Gasteiger partial charge in [-0.1, -0.05) is 40.0 Å². The van der Waals surface area contributed by atoms with Crippen LogP contribution in [0, 0.1) is 5.92 Å². The molecule has 5 heteroatoms. The molecule has 0 saturated heterocycles. The second kappa shape index (κ2) is 8.25. The Bertz CT molecular complexity index is 501. The van der Waals surface area contributed by atoms with E-state index in [4.69, 9.17) is 0 Å². The molecule has 1 atom stereocenters. The van der Waals surface area contributed by atoms with Gasteiger partial charge in [0.05, 0.1) is 17.1 Å². The molecule has 1 fully saturated rings. The van der Waals surface area contributed by atoms with Crippen LogP contribution in [-0.4, -0.2) is 28.6 Å². The summed E-state index contributed by atoms with van der Waals surface area (Å²) < 4.78 is 0. The SMILES string of the molecule is CC(C)(C)c1nc(CC(=O)NC(CCO)C2CCCCC2)cs1. The van der Waals surface area contributed by atoms with Crippen molar-refractivity contribution in [3.63, 3.8) is 0 Å². The molecule has 0 bridgehead atoms. The number of hydrogen-bond acceptors (Lipinski definition) is 4. The largest absolute Gasteiger partial charge is 0.396 e. The monoisotopic (exact) mass is 338 g/mol. The third-order valence-electron chi connectivity index (χ3n) is 4.54. The quantitative estimate of drug-likeness (QED) is 0.835. The fraction of sp³-hybridized carbons (Fsp3) is 0.778. The highest BCUT2D eigenvalue weighted by atomic mass is 32.1. The summed E-state index contributed by atoms with van der Waals surface area (Å²) in [5, 5.41) is 15.5. The average Bonchev–Trinajstić information content (AvgIpc) is 2.96. The molecule has 0 aliphatic heterocycles. The Labute approximate surface area is 143 Å². The molecule has 1 amide bonds.